The van der Waals surface area contributed by atoms with Crippen LogP contribution in [0.4, 0.5) is 4.39 Å². The van der Waals surface area contributed by atoms with E-state index in [1.54, 1.807) is 0 Å². The van der Waals surface area contributed by atoms with Gasteiger partial charge in [0.25, 0.3) is 0 Å². The Balaban J connectivity index is 3.07. The van der Waals surface area contributed by atoms with E-state index in [0.717, 1.165) is 18.2 Å². The first-order valence-electron chi connectivity index (χ1n) is 4.99. The summed E-state index contributed by atoms with van der Waals surface area (Å²) >= 11 is 0. The van der Waals surface area contributed by atoms with Crippen molar-refractivity contribution in [2.45, 2.75) is 4.90 Å². The Kier molecular flexibility index (Phi) is 4.95. The highest BCUT2D eigenvalue weighted by Gasteiger charge is 2.22. The van der Waals surface area contributed by atoms with Crippen LogP contribution in [0.2, 0.25) is 0 Å². The standard InChI is InChI=1S/C10H11FO7S/c11-9-7(18-10(14)6(4-12)5-13)2-1-3-8(9)19(15,16)17/h1-3,6,12-13H,4-5H2,(H,15,16,17)/p-1. The topological polar surface area (TPSA) is 124 Å². The van der Waals surface area contributed by atoms with Crippen LogP contribution in [0.25, 0.3) is 0 Å². The predicted octanol–water partition coefficient (Wildman–Crippen LogP) is -0.764. The van der Waals surface area contributed by atoms with Gasteiger partial charge < -0.3 is 19.5 Å². The third-order valence-corrected chi connectivity index (χ3v) is 3.04. The van der Waals surface area contributed by atoms with E-state index in [1.165, 1.54) is 0 Å². The minimum absolute atomic E-state index is 0.726. The van der Waals surface area contributed by atoms with Crippen LogP contribution in [0.3, 0.4) is 0 Å². The van der Waals surface area contributed by atoms with Gasteiger partial charge in [-0.05, 0) is 12.1 Å². The van der Waals surface area contributed by atoms with Crippen LogP contribution >= 0.6 is 0 Å². The molecule has 19 heavy (non-hydrogen) atoms. The van der Waals surface area contributed by atoms with E-state index < -0.39 is 51.7 Å². The second-order valence-corrected chi connectivity index (χ2v) is 4.85. The number of hydrogen-bond donors (Lipinski definition) is 2. The minimum atomic E-state index is -5.04. The van der Waals surface area contributed by atoms with Crippen LogP contribution in [-0.2, 0) is 14.9 Å². The Labute approximate surface area is 108 Å². The summed E-state index contributed by atoms with van der Waals surface area (Å²) in [6, 6.07) is 2.68. The largest absolute Gasteiger partial charge is 0.744 e. The summed E-state index contributed by atoms with van der Waals surface area (Å²) in [4.78, 5) is 10.2. The van der Waals surface area contributed by atoms with Crippen molar-refractivity contribution in [2.24, 2.45) is 5.92 Å². The molecule has 2 N–H and O–H groups in total. The summed E-state index contributed by atoms with van der Waals surface area (Å²) in [6.07, 6.45) is 0. The summed E-state index contributed by atoms with van der Waals surface area (Å²) < 4.78 is 50.3. The first-order valence-corrected chi connectivity index (χ1v) is 6.40. The summed E-state index contributed by atoms with van der Waals surface area (Å²) in [7, 11) is -5.04. The van der Waals surface area contributed by atoms with E-state index in [2.05, 4.69) is 4.74 Å². The fraction of sp³-hybridized carbons (Fsp3) is 0.300. The quantitative estimate of drug-likeness (QED) is 0.415. The maximum atomic E-state index is 13.6. The molecule has 106 valence electrons. The number of hydrogen-bond acceptors (Lipinski definition) is 7. The van der Waals surface area contributed by atoms with Crippen molar-refractivity contribution in [2.75, 3.05) is 13.2 Å². The van der Waals surface area contributed by atoms with Gasteiger partial charge in [-0.15, -0.1) is 0 Å². The van der Waals surface area contributed by atoms with Gasteiger partial charge in [-0.3, -0.25) is 4.79 Å². The van der Waals surface area contributed by atoms with Crippen molar-refractivity contribution in [1.29, 1.82) is 0 Å². The zero-order chi connectivity index (χ0) is 14.6. The molecule has 0 aliphatic heterocycles. The Morgan fingerprint density at radius 2 is 1.95 bits per heavy atom. The molecule has 1 aromatic rings. The van der Waals surface area contributed by atoms with Crippen LogP contribution in [0.15, 0.2) is 23.1 Å². The third kappa shape index (κ3) is 3.70. The summed E-state index contributed by atoms with van der Waals surface area (Å²) in [6.45, 7) is -1.45. The molecule has 0 bridgehead atoms. The molecular formula is C10H10FO7S-. The number of benzene rings is 1. The number of aliphatic hydroxyl groups excluding tert-OH is 2. The molecule has 0 aliphatic rings. The van der Waals surface area contributed by atoms with Crippen molar-refractivity contribution in [1.82, 2.24) is 0 Å². The average molecular weight is 293 g/mol. The Morgan fingerprint density at radius 1 is 1.37 bits per heavy atom. The van der Waals surface area contributed by atoms with Crippen molar-refractivity contribution in [3.63, 3.8) is 0 Å². The highest BCUT2D eigenvalue weighted by molar-refractivity contribution is 7.85. The van der Waals surface area contributed by atoms with Gasteiger partial charge in [0.15, 0.2) is 11.6 Å². The molecule has 9 heteroatoms. The number of carbonyl (C=O) groups excluding carboxylic acids is 1. The van der Waals surface area contributed by atoms with E-state index in [-0.39, 0.29) is 0 Å². The maximum absolute atomic E-state index is 13.6. The van der Waals surface area contributed by atoms with E-state index in [4.69, 9.17) is 10.2 Å². The van der Waals surface area contributed by atoms with Crippen molar-refractivity contribution in [3.05, 3.63) is 24.0 Å². The molecule has 0 fully saturated rings. The van der Waals surface area contributed by atoms with Crippen LogP contribution in [0, 0.1) is 11.7 Å². The molecular weight excluding hydrogens is 283 g/mol. The van der Waals surface area contributed by atoms with Gasteiger partial charge in [0, 0.05) is 0 Å². The summed E-state index contributed by atoms with van der Waals surface area (Å²) in [5.41, 5.74) is 0. The fourth-order valence-electron chi connectivity index (χ4n) is 1.16. The molecule has 1 rings (SSSR count). The van der Waals surface area contributed by atoms with Crippen molar-refractivity contribution >= 4 is 16.1 Å². The minimum Gasteiger partial charge on any atom is -0.744 e. The zero-order valence-electron chi connectivity index (χ0n) is 9.45. The summed E-state index contributed by atoms with van der Waals surface area (Å²) in [5.74, 6) is -4.70. The van der Waals surface area contributed by atoms with E-state index >= 15 is 0 Å². The molecule has 0 aromatic heterocycles. The van der Waals surface area contributed by atoms with Gasteiger partial charge in [-0.2, -0.15) is 0 Å². The van der Waals surface area contributed by atoms with Gasteiger partial charge in [-0.1, -0.05) is 6.07 Å². The molecule has 7 nitrogen and oxygen atoms in total. The zero-order valence-corrected chi connectivity index (χ0v) is 10.3. The van der Waals surface area contributed by atoms with E-state index in [9.17, 15) is 22.2 Å². The van der Waals surface area contributed by atoms with Crippen molar-refractivity contribution in [3.8, 4) is 5.75 Å². The second-order valence-electron chi connectivity index (χ2n) is 3.51. The van der Waals surface area contributed by atoms with Crippen LogP contribution in [-0.4, -0.2) is 42.4 Å². The Bertz CT molecular complexity index is 565. The smallest absolute Gasteiger partial charge is 0.319 e. The Hall–Kier alpha value is -1.55. The third-order valence-electron chi connectivity index (χ3n) is 2.18. The number of esters is 1. The maximum Gasteiger partial charge on any atom is 0.319 e. The molecule has 1 aromatic carbocycles. The molecule has 0 saturated carbocycles. The van der Waals surface area contributed by atoms with Gasteiger partial charge in [-0.25, -0.2) is 12.8 Å². The highest BCUT2D eigenvalue weighted by atomic mass is 32.2. The first-order chi connectivity index (χ1) is 8.81. The monoisotopic (exact) mass is 293 g/mol. The van der Waals surface area contributed by atoms with Crippen LogP contribution < -0.4 is 4.74 Å². The number of carbonyl (C=O) groups is 1. The molecule has 0 unspecified atom stereocenters. The number of aliphatic hydroxyl groups is 2. The normalized spacial score (nSPS) is 11.6. The lowest BCUT2D eigenvalue weighted by Gasteiger charge is -2.13. The number of ether oxygens (including phenoxy) is 1. The summed E-state index contributed by atoms with van der Waals surface area (Å²) in [5, 5.41) is 17.5. The van der Waals surface area contributed by atoms with E-state index in [1.807, 2.05) is 0 Å². The molecule has 0 amide bonds. The molecule has 0 saturated heterocycles. The fourth-order valence-corrected chi connectivity index (χ4v) is 1.73. The van der Waals surface area contributed by atoms with Gasteiger partial charge in [0.05, 0.1) is 18.1 Å². The van der Waals surface area contributed by atoms with Crippen LogP contribution in [0.1, 0.15) is 0 Å². The van der Waals surface area contributed by atoms with Gasteiger partial charge in [0.2, 0.25) is 0 Å². The van der Waals surface area contributed by atoms with E-state index in [0.29, 0.717) is 0 Å². The molecule has 0 radical (unpaired) electrons. The van der Waals surface area contributed by atoms with Crippen molar-refractivity contribution < 1.29 is 37.1 Å². The molecule has 0 aliphatic carbocycles. The molecule has 0 heterocycles. The Morgan fingerprint density at radius 3 is 2.42 bits per heavy atom. The lowest BCUT2D eigenvalue weighted by molar-refractivity contribution is -0.141. The first kappa shape index (κ1) is 15.5. The lowest BCUT2D eigenvalue weighted by atomic mass is 10.2. The SMILES string of the molecule is O=C(Oc1cccc(S(=O)(=O)[O-])c1F)C(CO)CO. The van der Waals surface area contributed by atoms with Crippen LogP contribution in [0.5, 0.6) is 5.75 Å². The molecule has 0 spiro atoms. The number of rotatable bonds is 5. The predicted molar refractivity (Wildman–Crippen MR) is 57.7 cm³/mol. The number of halogens is 1. The molecule has 0 atom stereocenters. The lowest BCUT2D eigenvalue weighted by Crippen LogP contribution is -2.27. The average Bonchev–Trinajstić information content (AvgIpc) is 2.32. The van der Waals surface area contributed by atoms with Gasteiger partial charge in [0.1, 0.15) is 16.0 Å². The second kappa shape index (κ2) is 6.06. The van der Waals surface area contributed by atoms with Gasteiger partial charge >= 0.3 is 5.97 Å². The highest BCUT2D eigenvalue weighted by Crippen LogP contribution is 2.24.